The fraction of sp³-hybridized carbons (Fsp3) is 0.939. The molecule has 0 aromatic heterocycles. The van der Waals surface area contributed by atoms with Gasteiger partial charge in [-0.25, -0.2) is 0 Å². The van der Waals surface area contributed by atoms with Gasteiger partial charge in [-0.15, -0.1) is 0 Å². The minimum atomic E-state index is -0.447. The summed E-state index contributed by atoms with van der Waals surface area (Å²) in [5.41, 5.74) is 2.09. The summed E-state index contributed by atoms with van der Waals surface area (Å²) >= 11 is 0. The molecular weight excluding hydrogens is 428 g/mol. The molecule has 2 heteroatoms. The molecule has 2 nitrogen and oxygen atoms in total. The first-order chi connectivity index (χ1) is 16.5. The van der Waals surface area contributed by atoms with Crippen LogP contribution in [0.15, 0.2) is 11.6 Å². The summed E-state index contributed by atoms with van der Waals surface area (Å²) in [6.07, 6.45) is 22.8. The molecule has 4 fully saturated rings. The van der Waals surface area contributed by atoms with Crippen LogP contribution < -0.4 is 0 Å². The summed E-state index contributed by atoms with van der Waals surface area (Å²) in [5, 5.41) is 22.3. The molecule has 5 aliphatic rings. The quantitative estimate of drug-likeness (QED) is 0.370. The van der Waals surface area contributed by atoms with Crippen LogP contribution >= 0.6 is 0 Å². The molecular formula is C33H56O2. The van der Waals surface area contributed by atoms with Crippen molar-refractivity contribution in [1.82, 2.24) is 0 Å². The number of rotatable bonds is 6. The molecule has 0 heterocycles. The third kappa shape index (κ3) is 4.49. The normalized spacial score (nSPS) is 51.8. The second-order valence-electron chi connectivity index (χ2n) is 15.1. The molecule has 0 aromatic rings. The van der Waals surface area contributed by atoms with Gasteiger partial charge >= 0.3 is 0 Å². The molecule has 6 unspecified atom stereocenters. The van der Waals surface area contributed by atoms with Gasteiger partial charge in [0.15, 0.2) is 0 Å². The number of aliphatic hydroxyl groups is 2. The third-order valence-corrected chi connectivity index (χ3v) is 13.5. The van der Waals surface area contributed by atoms with Crippen molar-refractivity contribution >= 4 is 0 Å². The van der Waals surface area contributed by atoms with Crippen LogP contribution in [0.25, 0.3) is 0 Å². The summed E-state index contributed by atoms with van der Waals surface area (Å²) in [5.74, 6) is 3.43. The highest BCUT2D eigenvalue weighted by molar-refractivity contribution is 5.27. The van der Waals surface area contributed by atoms with Crippen molar-refractivity contribution in [3.05, 3.63) is 11.6 Å². The van der Waals surface area contributed by atoms with E-state index in [9.17, 15) is 10.2 Å². The predicted molar refractivity (Wildman–Crippen MR) is 146 cm³/mol. The van der Waals surface area contributed by atoms with Gasteiger partial charge in [0.1, 0.15) is 0 Å². The van der Waals surface area contributed by atoms with Crippen LogP contribution in [0.1, 0.15) is 144 Å². The van der Waals surface area contributed by atoms with Crippen molar-refractivity contribution in [2.45, 2.75) is 155 Å². The van der Waals surface area contributed by atoms with E-state index in [0.717, 1.165) is 62.2 Å². The van der Waals surface area contributed by atoms with E-state index in [1.165, 1.54) is 70.6 Å². The maximum atomic E-state index is 11.3. The second kappa shape index (κ2) is 9.14. The molecule has 5 aliphatic carbocycles. The lowest BCUT2D eigenvalue weighted by atomic mass is 9.46. The Morgan fingerprint density at radius 2 is 1.51 bits per heavy atom. The Balaban J connectivity index is 1.21. The van der Waals surface area contributed by atoms with E-state index in [1.54, 1.807) is 5.57 Å². The number of hydrogen-bond acceptors (Lipinski definition) is 2. The molecule has 35 heavy (non-hydrogen) atoms. The number of hydrogen-bond donors (Lipinski definition) is 2. The standard InChI is InChI=1S/C33H56O2/c1-6-29(3)17-20-33(35,21-18-29)15-8-9-24-11-13-27-26-12-10-25-23-32(34,7-2)22-19-31(25,5)28(26)14-16-30(24,27)4/h10,24,26-28,34-35H,6-9,11-23H2,1-5H3/t24?,26?,27?,28?,29?,30?,31?,32-,33?/m0/s1. The van der Waals surface area contributed by atoms with Crippen LogP contribution in [0.3, 0.4) is 0 Å². The van der Waals surface area contributed by atoms with Gasteiger partial charge in [0, 0.05) is 0 Å². The van der Waals surface area contributed by atoms with Gasteiger partial charge in [-0.2, -0.15) is 0 Å². The van der Waals surface area contributed by atoms with Crippen molar-refractivity contribution in [1.29, 1.82) is 0 Å². The fourth-order valence-electron chi connectivity index (χ4n) is 10.2. The summed E-state index contributed by atoms with van der Waals surface area (Å²) in [4.78, 5) is 0. The van der Waals surface area contributed by atoms with Crippen molar-refractivity contribution < 1.29 is 10.2 Å². The van der Waals surface area contributed by atoms with Crippen LogP contribution in [0, 0.1) is 39.9 Å². The summed E-state index contributed by atoms with van der Waals surface area (Å²) in [6.45, 7) is 12.1. The molecule has 0 aromatic carbocycles. The Kier molecular flexibility index (Phi) is 6.86. The first-order valence-corrected chi connectivity index (χ1v) is 15.6. The molecule has 0 radical (unpaired) electrons. The molecule has 0 bridgehead atoms. The monoisotopic (exact) mass is 484 g/mol. The average molecular weight is 485 g/mol. The van der Waals surface area contributed by atoms with E-state index in [1.807, 2.05) is 0 Å². The van der Waals surface area contributed by atoms with Gasteiger partial charge < -0.3 is 10.2 Å². The number of allylic oxidation sites excluding steroid dienone is 1. The second-order valence-corrected chi connectivity index (χ2v) is 15.1. The van der Waals surface area contributed by atoms with Gasteiger partial charge in [-0.3, -0.25) is 0 Å². The lowest BCUT2D eigenvalue weighted by molar-refractivity contribution is -0.0728. The van der Waals surface area contributed by atoms with Gasteiger partial charge in [0.05, 0.1) is 11.2 Å². The lowest BCUT2D eigenvalue weighted by Crippen LogP contribution is -2.52. The Labute approximate surface area is 216 Å². The molecule has 5 rings (SSSR count). The van der Waals surface area contributed by atoms with E-state index < -0.39 is 5.60 Å². The van der Waals surface area contributed by atoms with E-state index in [4.69, 9.17) is 0 Å². The summed E-state index contributed by atoms with van der Waals surface area (Å²) < 4.78 is 0. The van der Waals surface area contributed by atoms with Crippen LogP contribution in [-0.4, -0.2) is 21.4 Å². The smallest absolute Gasteiger partial charge is 0.0682 e. The maximum absolute atomic E-state index is 11.3. The number of fused-ring (bicyclic) bond motifs is 5. The molecule has 4 saturated carbocycles. The first kappa shape index (κ1) is 26.3. The van der Waals surface area contributed by atoms with Gasteiger partial charge in [-0.05, 0) is 136 Å². The van der Waals surface area contributed by atoms with Crippen LogP contribution in [-0.2, 0) is 0 Å². The molecule has 200 valence electrons. The SMILES string of the molecule is CCC1(C)CCC(O)(CCCC2CCC3C4CC=C5C[C@](O)(CC)CCC5(C)C4CCC23C)CC1. The average Bonchev–Trinajstić information content (AvgIpc) is 3.18. The zero-order chi connectivity index (χ0) is 25.1. The highest BCUT2D eigenvalue weighted by Gasteiger charge is 2.59. The fourth-order valence-corrected chi connectivity index (χ4v) is 10.2. The van der Waals surface area contributed by atoms with E-state index in [-0.39, 0.29) is 5.60 Å². The zero-order valence-electron chi connectivity index (χ0n) is 23.8. The summed E-state index contributed by atoms with van der Waals surface area (Å²) in [7, 11) is 0. The first-order valence-electron chi connectivity index (χ1n) is 15.6. The minimum absolute atomic E-state index is 0.334. The Morgan fingerprint density at radius 1 is 0.800 bits per heavy atom. The highest BCUT2D eigenvalue weighted by atomic mass is 16.3. The van der Waals surface area contributed by atoms with E-state index in [0.29, 0.717) is 16.2 Å². The highest BCUT2D eigenvalue weighted by Crippen LogP contribution is 2.67. The van der Waals surface area contributed by atoms with Crippen molar-refractivity contribution in [2.75, 3.05) is 0 Å². The Bertz CT molecular complexity index is 806. The van der Waals surface area contributed by atoms with Crippen molar-refractivity contribution in [3.8, 4) is 0 Å². The van der Waals surface area contributed by atoms with E-state index in [2.05, 4.69) is 40.7 Å². The molecule has 0 aliphatic heterocycles. The lowest BCUT2D eigenvalue weighted by Gasteiger charge is -2.59. The van der Waals surface area contributed by atoms with Crippen LogP contribution in [0.4, 0.5) is 0 Å². The molecule has 0 amide bonds. The summed E-state index contributed by atoms with van der Waals surface area (Å²) in [6, 6.07) is 0. The van der Waals surface area contributed by atoms with E-state index >= 15 is 0 Å². The van der Waals surface area contributed by atoms with Gasteiger partial charge in [0.25, 0.3) is 0 Å². The molecule has 2 N–H and O–H groups in total. The van der Waals surface area contributed by atoms with Gasteiger partial charge in [-0.1, -0.05) is 59.1 Å². The Morgan fingerprint density at radius 3 is 2.20 bits per heavy atom. The largest absolute Gasteiger partial charge is 0.390 e. The topological polar surface area (TPSA) is 40.5 Å². The zero-order valence-corrected chi connectivity index (χ0v) is 23.8. The molecule has 0 saturated heterocycles. The van der Waals surface area contributed by atoms with Gasteiger partial charge in [0.2, 0.25) is 0 Å². The van der Waals surface area contributed by atoms with Crippen molar-refractivity contribution in [2.24, 2.45) is 39.9 Å². The van der Waals surface area contributed by atoms with Crippen LogP contribution in [0.5, 0.6) is 0 Å². The van der Waals surface area contributed by atoms with Crippen molar-refractivity contribution in [3.63, 3.8) is 0 Å². The predicted octanol–water partition coefficient (Wildman–Crippen LogP) is 8.60. The van der Waals surface area contributed by atoms with Crippen LogP contribution in [0.2, 0.25) is 0 Å². The Hall–Kier alpha value is -0.340. The third-order valence-electron chi connectivity index (χ3n) is 13.5. The molecule has 7 atom stereocenters. The molecule has 0 spiro atoms. The minimum Gasteiger partial charge on any atom is -0.390 e. The maximum Gasteiger partial charge on any atom is 0.0682 e.